The molecule has 0 saturated carbocycles. The van der Waals surface area contributed by atoms with E-state index in [1.807, 2.05) is 20.8 Å². The highest BCUT2D eigenvalue weighted by Crippen LogP contribution is 2.33. The Balaban J connectivity index is 2.02. The lowest BCUT2D eigenvalue weighted by Gasteiger charge is -2.33. The Morgan fingerprint density at radius 1 is 1.22 bits per heavy atom. The lowest BCUT2D eigenvalue weighted by molar-refractivity contribution is 0.0204. The summed E-state index contributed by atoms with van der Waals surface area (Å²) in [6, 6.07) is 2.75. The van der Waals surface area contributed by atoms with Gasteiger partial charge in [0.2, 0.25) is 5.82 Å². The molecular weight excluding hydrogens is 304 g/mol. The number of rotatable bonds is 2. The molecule has 1 aliphatic heterocycles. The zero-order chi connectivity index (χ0) is 17.2. The number of ether oxygens (including phenoxy) is 2. The van der Waals surface area contributed by atoms with Gasteiger partial charge >= 0.3 is 6.09 Å². The van der Waals surface area contributed by atoms with Crippen LogP contribution in [0.15, 0.2) is 12.1 Å². The van der Waals surface area contributed by atoms with Crippen molar-refractivity contribution in [2.24, 2.45) is 0 Å². The van der Waals surface area contributed by atoms with Crippen LogP contribution in [0.2, 0.25) is 0 Å². The predicted octanol–water partition coefficient (Wildman–Crippen LogP) is 4.09. The molecule has 0 spiro atoms. The molecule has 1 saturated heterocycles. The van der Waals surface area contributed by atoms with Gasteiger partial charge in [-0.25, -0.2) is 9.18 Å². The number of carbonyl (C=O) groups is 1. The molecule has 0 unspecified atom stereocenters. The van der Waals surface area contributed by atoms with E-state index in [4.69, 9.17) is 9.47 Å². The van der Waals surface area contributed by atoms with Crippen LogP contribution in [0.4, 0.5) is 13.6 Å². The van der Waals surface area contributed by atoms with E-state index in [2.05, 4.69) is 0 Å². The molecule has 0 radical (unpaired) electrons. The van der Waals surface area contributed by atoms with Gasteiger partial charge < -0.3 is 14.4 Å². The smallest absolute Gasteiger partial charge is 0.410 e. The average molecular weight is 327 g/mol. The Morgan fingerprint density at radius 2 is 1.83 bits per heavy atom. The Hall–Kier alpha value is -1.85. The van der Waals surface area contributed by atoms with Crippen molar-refractivity contribution in [1.82, 2.24) is 4.90 Å². The third-order valence-electron chi connectivity index (χ3n) is 3.86. The van der Waals surface area contributed by atoms with Crippen molar-refractivity contribution in [2.75, 3.05) is 20.2 Å². The van der Waals surface area contributed by atoms with Crippen LogP contribution in [0, 0.1) is 11.6 Å². The van der Waals surface area contributed by atoms with Crippen LogP contribution in [0.5, 0.6) is 5.75 Å². The Kier molecular flexibility index (Phi) is 5.12. The van der Waals surface area contributed by atoms with Crippen LogP contribution >= 0.6 is 0 Å². The van der Waals surface area contributed by atoms with Crippen molar-refractivity contribution >= 4 is 6.09 Å². The van der Waals surface area contributed by atoms with Gasteiger partial charge in [0, 0.05) is 13.1 Å². The van der Waals surface area contributed by atoms with Gasteiger partial charge in [0.05, 0.1) is 7.11 Å². The average Bonchev–Trinajstić information content (AvgIpc) is 2.48. The number of hydrogen-bond acceptors (Lipinski definition) is 3. The maximum absolute atomic E-state index is 13.6. The maximum atomic E-state index is 13.6. The minimum Gasteiger partial charge on any atom is -0.494 e. The number of benzene rings is 1. The first-order valence-electron chi connectivity index (χ1n) is 7.72. The molecule has 128 valence electrons. The van der Waals surface area contributed by atoms with Crippen molar-refractivity contribution in [3.8, 4) is 5.75 Å². The fraction of sp³-hybridized carbons (Fsp3) is 0.588. The highest BCUT2D eigenvalue weighted by Gasteiger charge is 2.28. The molecule has 0 aliphatic carbocycles. The molecule has 1 aromatic rings. The van der Waals surface area contributed by atoms with Gasteiger partial charge in [-0.2, -0.15) is 4.39 Å². The van der Waals surface area contributed by atoms with Gasteiger partial charge in [-0.1, -0.05) is 0 Å². The third kappa shape index (κ3) is 4.33. The summed E-state index contributed by atoms with van der Waals surface area (Å²) in [4.78, 5) is 13.7. The summed E-state index contributed by atoms with van der Waals surface area (Å²) in [5.74, 6) is -1.90. The van der Waals surface area contributed by atoms with Gasteiger partial charge in [0.15, 0.2) is 11.6 Å². The molecule has 6 heteroatoms. The fourth-order valence-corrected chi connectivity index (χ4v) is 2.69. The van der Waals surface area contributed by atoms with Crippen molar-refractivity contribution in [2.45, 2.75) is 45.1 Å². The van der Waals surface area contributed by atoms with E-state index < -0.39 is 17.2 Å². The highest BCUT2D eigenvalue weighted by molar-refractivity contribution is 5.68. The zero-order valence-electron chi connectivity index (χ0n) is 14.0. The molecule has 1 fully saturated rings. The number of methoxy groups -OCH3 is 1. The third-order valence-corrected chi connectivity index (χ3v) is 3.86. The van der Waals surface area contributed by atoms with Crippen molar-refractivity contribution in [1.29, 1.82) is 0 Å². The van der Waals surface area contributed by atoms with Crippen molar-refractivity contribution in [3.63, 3.8) is 0 Å². The topological polar surface area (TPSA) is 38.8 Å². The number of nitrogens with zero attached hydrogens (tertiary/aromatic N) is 1. The Bertz CT molecular complexity index is 576. The van der Waals surface area contributed by atoms with E-state index in [1.165, 1.54) is 19.2 Å². The summed E-state index contributed by atoms with van der Waals surface area (Å²) in [7, 11) is 1.31. The van der Waals surface area contributed by atoms with Crippen LogP contribution in [0.3, 0.4) is 0 Å². The lowest BCUT2D eigenvalue weighted by Crippen LogP contribution is -2.41. The molecule has 1 amide bonds. The molecule has 0 atom stereocenters. The molecule has 2 rings (SSSR count). The molecular formula is C17H23F2NO3. The van der Waals surface area contributed by atoms with Gasteiger partial charge in [-0.3, -0.25) is 0 Å². The molecule has 1 aliphatic rings. The second-order valence-electron chi connectivity index (χ2n) is 6.76. The normalized spacial score (nSPS) is 16.3. The minimum atomic E-state index is -0.970. The molecule has 4 nitrogen and oxygen atoms in total. The van der Waals surface area contributed by atoms with Crippen LogP contribution in [-0.2, 0) is 4.74 Å². The summed E-state index contributed by atoms with van der Waals surface area (Å²) < 4.78 is 37.4. The van der Waals surface area contributed by atoms with Crippen LogP contribution < -0.4 is 4.74 Å². The second-order valence-corrected chi connectivity index (χ2v) is 6.76. The number of carbonyl (C=O) groups excluding carboxylic acids is 1. The van der Waals surface area contributed by atoms with E-state index in [-0.39, 0.29) is 17.8 Å². The summed E-state index contributed by atoms with van der Waals surface area (Å²) >= 11 is 0. The number of amides is 1. The number of hydrogen-bond donors (Lipinski definition) is 0. The fourth-order valence-electron chi connectivity index (χ4n) is 2.69. The molecule has 1 heterocycles. The van der Waals surface area contributed by atoms with E-state index in [0.717, 1.165) is 0 Å². The largest absolute Gasteiger partial charge is 0.494 e. The van der Waals surface area contributed by atoms with Gasteiger partial charge in [0.25, 0.3) is 0 Å². The SMILES string of the molecule is COc1cc(C2CCN(C(=O)OC(C)(C)C)CC2)cc(F)c1F. The molecule has 0 N–H and O–H groups in total. The summed E-state index contributed by atoms with van der Waals surface area (Å²) in [6.45, 7) is 6.53. The maximum Gasteiger partial charge on any atom is 0.410 e. The summed E-state index contributed by atoms with van der Waals surface area (Å²) in [5, 5.41) is 0. The first kappa shape index (κ1) is 17.5. The van der Waals surface area contributed by atoms with Gasteiger partial charge in [-0.15, -0.1) is 0 Å². The zero-order valence-corrected chi connectivity index (χ0v) is 14.0. The standard InChI is InChI=1S/C17H23F2NO3/c1-17(2,3)23-16(21)20-7-5-11(6-8-20)12-9-13(18)15(19)14(10-12)22-4/h9-11H,5-8H2,1-4H3. The predicted molar refractivity (Wildman–Crippen MR) is 82.7 cm³/mol. The van der Waals surface area contributed by atoms with E-state index in [1.54, 1.807) is 4.90 Å². The highest BCUT2D eigenvalue weighted by atomic mass is 19.2. The van der Waals surface area contributed by atoms with E-state index in [0.29, 0.717) is 31.5 Å². The molecule has 0 bridgehead atoms. The first-order chi connectivity index (χ1) is 10.7. The van der Waals surface area contributed by atoms with E-state index >= 15 is 0 Å². The summed E-state index contributed by atoms with van der Waals surface area (Å²) in [6.07, 6.45) is 1.01. The van der Waals surface area contributed by atoms with Crippen LogP contribution in [0.25, 0.3) is 0 Å². The Morgan fingerprint density at radius 3 is 2.35 bits per heavy atom. The molecule has 23 heavy (non-hydrogen) atoms. The monoisotopic (exact) mass is 327 g/mol. The van der Waals surface area contributed by atoms with Gasteiger partial charge in [0.1, 0.15) is 5.60 Å². The molecule has 0 aromatic heterocycles. The van der Waals surface area contributed by atoms with Crippen molar-refractivity contribution in [3.05, 3.63) is 29.3 Å². The minimum absolute atomic E-state index is 0.0673. The lowest BCUT2D eigenvalue weighted by atomic mass is 9.89. The second kappa shape index (κ2) is 6.72. The quantitative estimate of drug-likeness (QED) is 0.821. The molecule has 1 aromatic carbocycles. The number of likely N-dealkylation sites (tertiary alicyclic amines) is 1. The number of piperidine rings is 1. The van der Waals surface area contributed by atoms with Crippen LogP contribution in [0.1, 0.15) is 45.1 Å². The first-order valence-corrected chi connectivity index (χ1v) is 7.72. The van der Waals surface area contributed by atoms with Crippen molar-refractivity contribution < 1.29 is 23.0 Å². The number of halogens is 2. The van der Waals surface area contributed by atoms with Crippen LogP contribution in [-0.4, -0.2) is 36.8 Å². The Labute approximate surface area is 135 Å². The van der Waals surface area contributed by atoms with Gasteiger partial charge in [-0.05, 0) is 57.2 Å². The summed E-state index contributed by atoms with van der Waals surface area (Å²) in [5.41, 5.74) is 0.172. The van der Waals surface area contributed by atoms with E-state index in [9.17, 15) is 13.6 Å².